The van der Waals surface area contributed by atoms with E-state index in [0.29, 0.717) is 24.7 Å². The minimum absolute atomic E-state index is 0.0947. The highest BCUT2D eigenvalue weighted by atomic mass is 35.5. The zero-order valence-corrected chi connectivity index (χ0v) is 18.6. The molecular formula is C24H27ClN4O2. The molecule has 2 aromatic rings. The van der Waals surface area contributed by atoms with E-state index in [1.165, 1.54) is 0 Å². The second-order valence-corrected chi connectivity index (χ2v) is 8.99. The normalized spacial score (nSPS) is 22.0. The number of guanidine groups is 1. The molecule has 4 rings (SSSR count). The molecule has 162 valence electrons. The fourth-order valence-electron chi connectivity index (χ4n) is 4.47. The van der Waals surface area contributed by atoms with E-state index in [1.54, 1.807) is 11.8 Å². The Hall–Kier alpha value is -2.86. The van der Waals surface area contributed by atoms with Gasteiger partial charge in [-0.25, -0.2) is 0 Å². The molecule has 2 aliphatic heterocycles. The van der Waals surface area contributed by atoms with Crippen molar-refractivity contribution in [3.63, 3.8) is 0 Å². The van der Waals surface area contributed by atoms with Crippen molar-refractivity contribution in [3.05, 3.63) is 59.1 Å². The highest BCUT2D eigenvalue weighted by Crippen LogP contribution is 2.33. The van der Waals surface area contributed by atoms with E-state index in [9.17, 15) is 9.59 Å². The average Bonchev–Trinajstić information content (AvgIpc) is 2.98. The Morgan fingerprint density at radius 2 is 1.81 bits per heavy atom. The summed E-state index contributed by atoms with van der Waals surface area (Å²) in [5, 5.41) is 12.2. The molecule has 7 heteroatoms. The summed E-state index contributed by atoms with van der Waals surface area (Å²) in [6.45, 7) is 5.34. The molecular weight excluding hydrogens is 412 g/mol. The number of hydrogen-bond donors (Lipinski definition) is 2. The van der Waals surface area contributed by atoms with Crippen LogP contribution in [0.5, 0.6) is 0 Å². The zero-order chi connectivity index (χ0) is 22.2. The largest absolute Gasteiger partial charge is 0.343 e. The van der Waals surface area contributed by atoms with Crippen LogP contribution in [0.2, 0.25) is 5.02 Å². The number of benzene rings is 2. The molecule has 6 nitrogen and oxygen atoms in total. The molecule has 1 unspecified atom stereocenters. The van der Waals surface area contributed by atoms with Gasteiger partial charge in [0.15, 0.2) is 5.96 Å². The molecule has 0 aromatic heterocycles. The van der Waals surface area contributed by atoms with Gasteiger partial charge in [-0.1, -0.05) is 41.9 Å². The van der Waals surface area contributed by atoms with Gasteiger partial charge in [-0.2, -0.15) is 0 Å². The number of halogens is 1. The lowest BCUT2D eigenvalue weighted by Crippen LogP contribution is -2.43. The number of hydrogen-bond acceptors (Lipinski definition) is 3. The van der Waals surface area contributed by atoms with Crippen molar-refractivity contribution in [1.29, 1.82) is 5.41 Å². The fourth-order valence-corrected chi connectivity index (χ4v) is 4.66. The van der Waals surface area contributed by atoms with Gasteiger partial charge >= 0.3 is 0 Å². The molecule has 31 heavy (non-hydrogen) atoms. The predicted molar refractivity (Wildman–Crippen MR) is 122 cm³/mol. The van der Waals surface area contributed by atoms with Crippen molar-refractivity contribution in [2.45, 2.75) is 32.2 Å². The molecule has 0 spiro atoms. The maximum Gasteiger partial charge on any atom is 0.259 e. The summed E-state index contributed by atoms with van der Waals surface area (Å²) in [6.07, 6.45) is 1.69. The summed E-state index contributed by atoms with van der Waals surface area (Å²) >= 11 is 6.15. The lowest BCUT2D eigenvalue weighted by molar-refractivity contribution is -0.133. The van der Waals surface area contributed by atoms with Gasteiger partial charge in [-0.3, -0.25) is 19.9 Å². The Morgan fingerprint density at radius 1 is 1.16 bits per heavy atom. The molecule has 2 heterocycles. The van der Waals surface area contributed by atoms with Crippen molar-refractivity contribution in [2.75, 3.05) is 19.6 Å². The maximum atomic E-state index is 13.4. The Bertz CT molecular complexity index is 1030. The van der Waals surface area contributed by atoms with Gasteiger partial charge in [0.2, 0.25) is 5.91 Å². The Balaban J connectivity index is 1.52. The van der Waals surface area contributed by atoms with Crippen LogP contribution < -0.4 is 5.32 Å². The predicted octanol–water partition coefficient (Wildman–Crippen LogP) is 3.85. The molecule has 0 radical (unpaired) electrons. The Kier molecular flexibility index (Phi) is 5.75. The van der Waals surface area contributed by atoms with Gasteiger partial charge < -0.3 is 10.2 Å². The molecule has 2 fully saturated rings. The maximum absolute atomic E-state index is 13.4. The standard InChI is InChI=1S/C24H27ClN4O2/c1-16(30)28-11-9-17(10-12-28)15-29-22(31)24(2,27-23(29)26)20-7-3-5-18(13-20)19-6-4-8-21(25)14-19/h3-8,13-14,17H,9-12,15H2,1-2H3,(H2,26,27). The van der Waals surface area contributed by atoms with Gasteiger partial charge in [0.1, 0.15) is 5.54 Å². The van der Waals surface area contributed by atoms with Crippen molar-refractivity contribution < 1.29 is 9.59 Å². The number of carbonyl (C=O) groups is 2. The van der Waals surface area contributed by atoms with Crippen LogP contribution in [0.25, 0.3) is 11.1 Å². The lowest BCUT2D eigenvalue weighted by Gasteiger charge is -2.33. The Morgan fingerprint density at radius 3 is 2.45 bits per heavy atom. The Labute approximate surface area is 187 Å². The minimum Gasteiger partial charge on any atom is -0.343 e. The lowest BCUT2D eigenvalue weighted by atomic mass is 9.89. The van der Waals surface area contributed by atoms with Crippen LogP contribution in [-0.2, 0) is 15.1 Å². The van der Waals surface area contributed by atoms with E-state index >= 15 is 0 Å². The van der Waals surface area contributed by atoms with Crippen LogP contribution in [0.1, 0.15) is 32.3 Å². The van der Waals surface area contributed by atoms with Crippen molar-refractivity contribution in [2.24, 2.45) is 5.92 Å². The van der Waals surface area contributed by atoms with E-state index in [4.69, 9.17) is 17.0 Å². The first kappa shape index (κ1) is 21.4. The first-order chi connectivity index (χ1) is 14.8. The SMILES string of the molecule is CC(=O)N1CCC(CN2C(=N)NC(C)(c3cccc(-c4cccc(Cl)c4)c3)C2=O)CC1. The van der Waals surface area contributed by atoms with Gasteiger partial charge in [-0.05, 0) is 60.6 Å². The summed E-state index contributed by atoms with van der Waals surface area (Å²) < 4.78 is 0. The summed E-state index contributed by atoms with van der Waals surface area (Å²) in [7, 11) is 0. The van der Waals surface area contributed by atoms with E-state index < -0.39 is 5.54 Å². The first-order valence-corrected chi connectivity index (χ1v) is 11.0. The van der Waals surface area contributed by atoms with E-state index in [1.807, 2.05) is 60.4 Å². The summed E-state index contributed by atoms with van der Waals surface area (Å²) in [6, 6.07) is 15.4. The van der Waals surface area contributed by atoms with Crippen LogP contribution in [0.4, 0.5) is 0 Å². The third-order valence-corrected chi connectivity index (χ3v) is 6.64. The van der Waals surface area contributed by atoms with Crippen LogP contribution in [0.15, 0.2) is 48.5 Å². The molecule has 0 saturated carbocycles. The third kappa shape index (κ3) is 4.17. The second-order valence-electron chi connectivity index (χ2n) is 8.55. The molecule has 2 N–H and O–H groups in total. The number of piperidine rings is 1. The van der Waals surface area contributed by atoms with Gasteiger partial charge in [0.05, 0.1) is 0 Å². The van der Waals surface area contributed by atoms with Crippen molar-refractivity contribution in [3.8, 4) is 11.1 Å². The summed E-state index contributed by atoms with van der Waals surface area (Å²) in [5.41, 5.74) is 1.77. The van der Waals surface area contributed by atoms with Crippen LogP contribution in [0.3, 0.4) is 0 Å². The summed E-state index contributed by atoms with van der Waals surface area (Å²) in [4.78, 5) is 28.4. The number of nitrogens with zero attached hydrogens (tertiary/aromatic N) is 2. The number of carbonyl (C=O) groups excluding carboxylic acids is 2. The fraction of sp³-hybridized carbons (Fsp3) is 0.375. The van der Waals surface area contributed by atoms with E-state index in [-0.39, 0.29) is 23.7 Å². The molecule has 2 amide bonds. The number of rotatable bonds is 4. The third-order valence-electron chi connectivity index (χ3n) is 6.41. The quantitative estimate of drug-likeness (QED) is 0.761. The smallest absolute Gasteiger partial charge is 0.259 e. The molecule has 0 aliphatic carbocycles. The van der Waals surface area contributed by atoms with Crippen molar-refractivity contribution >= 4 is 29.4 Å². The molecule has 0 bridgehead atoms. The zero-order valence-electron chi connectivity index (χ0n) is 17.8. The number of nitrogens with one attached hydrogen (secondary N) is 2. The monoisotopic (exact) mass is 438 g/mol. The van der Waals surface area contributed by atoms with Gasteiger partial charge in [0.25, 0.3) is 5.91 Å². The van der Waals surface area contributed by atoms with E-state index in [0.717, 1.165) is 29.5 Å². The summed E-state index contributed by atoms with van der Waals surface area (Å²) in [5.74, 6) is 0.392. The molecule has 2 aromatic carbocycles. The highest BCUT2D eigenvalue weighted by molar-refractivity contribution is 6.30. The second kappa shape index (κ2) is 8.35. The number of likely N-dealkylation sites (tertiary alicyclic amines) is 1. The minimum atomic E-state index is -0.994. The molecule has 1 atom stereocenters. The molecule has 2 saturated heterocycles. The average molecular weight is 439 g/mol. The molecule has 2 aliphatic rings. The van der Waals surface area contributed by atoms with Crippen molar-refractivity contribution in [1.82, 2.24) is 15.1 Å². The van der Waals surface area contributed by atoms with E-state index in [2.05, 4.69) is 5.32 Å². The van der Waals surface area contributed by atoms with Crippen LogP contribution in [-0.4, -0.2) is 47.2 Å². The first-order valence-electron chi connectivity index (χ1n) is 10.6. The number of amides is 2. The van der Waals surface area contributed by atoms with Crippen LogP contribution in [0, 0.1) is 11.3 Å². The highest BCUT2D eigenvalue weighted by Gasteiger charge is 2.47. The topological polar surface area (TPSA) is 76.5 Å². The van der Waals surface area contributed by atoms with Crippen LogP contribution >= 0.6 is 11.6 Å². The van der Waals surface area contributed by atoms with Gasteiger partial charge in [-0.15, -0.1) is 0 Å². The van der Waals surface area contributed by atoms with Gasteiger partial charge in [0, 0.05) is 31.6 Å².